The molecule has 2 aromatic rings. The van der Waals surface area contributed by atoms with Crippen LogP contribution in [0.15, 0.2) is 21.3 Å². The largest absolute Gasteiger partial charge is 0.469 e. The minimum Gasteiger partial charge on any atom is -0.469 e. The van der Waals surface area contributed by atoms with E-state index in [-0.39, 0.29) is 0 Å². The molecule has 0 saturated carbocycles. The third-order valence-corrected chi connectivity index (χ3v) is 2.97. The van der Waals surface area contributed by atoms with Crippen molar-refractivity contribution in [1.29, 1.82) is 0 Å². The van der Waals surface area contributed by atoms with Gasteiger partial charge in [0.1, 0.15) is 5.76 Å². The molecule has 0 aromatic carbocycles. The van der Waals surface area contributed by atoms with Gasteiger partial charge in [-0.05, 0) is 26.0 Å². The van der Waals surface area contributed by atoms with Gasteiger partial charge in [-0.15, -0.1) is 0 Å². The first-order valence-electron chi connectivity index (χ1n) is 6.35. The van der Waals surface area contributed by atoms with Gasteiger partial charge in [0, 0.05) is 12.5 Å². The average Bonchev–Trinajstić information content (AvgIpc) is 2.97. The van der Waals surface area contributed by atoms with E-state index < -0.39 is 0 Å². The van der Waals surface area contributed by atoms with Gasteiger partial charge < -0.3 is 14.3 Å². The van der Waals surface area contributed by atoms with E-state index in [1.807, 2.05) is 13.0 Å². The first-order chi connectivity index (χ1) is 8.74. The highest BCUT2D eigenvalue weighted by molar-refractivity contribution is 5.56. The molecule has 18 heavy (non-hydrogen) atoms. The minimum absolute atomic E-state index is 0.383. The monoisotopic (exact) mass is 249 g/mol. The van der Waals surface area contributed by atoms with Crippen LogP contribution in [0.25, 0.3) is 11.4 Å². The van der Waals surface area contributed by atoms with Crippen LogP contribution in [-0.4, -0.2) is 22.7 Å². The number of nitrogens with one attached hydrogen (secondary N) is 1. The fourth-order valence-electron chi connectivity index (χ4n) is 1.92. The molecule has 1 unspecified atom stereocenters. The van der Waals surface area contributed by atoms with Crippen molar-refractivity contribution in [2.45, 2.75) is 39.7 Å². The van der Waals surface area contributed by atoms with E-state index in [1.54, 1.807) is 6.26 Å². The van der Waals surface area contributed by atoms with E-state index >= 15 is 0 Å². The molecule has 2 heterocycles. The van der Waals surface area contributed by atoms with Gasteiger partial charge in [0.05, 0.1) is 11.8 Å². The van der Waals surface area contributed by atoms with E-state index in [2.05, 4.69) is 29.3 Å². The van der Waals surface area contributed by atoms with Gasteiger partial charge in [0.15, 0.2) is 0 Å². The Bertz CT molecular complexity index is 490. The molecule has 0 fully saturated rings. The Hall–Kier alpha value is -1.62. The van der Waals surface area contributed by atoms with Crippen LogP contribution in [0, 0.1) is 6.92 Å². The number of hydrogen-bond acceptors (Lipinski definition) is 5. The molecule has 5 nitrogen and oxygen atoms in total. The minimum atomic E-state index is 0.383. The van der Waals surface area contributed by atoms with Crippen LogP contribution in [-0.2, 0) is 6.42 Å². The fraction of sp³-hybridized carbons (Fsp3) is 0.538. The van der Waals surface area contributed by atoms with E-state index in [1.165, 1.54) is 0 Å². The lowest BCUT2D eigenvalue weighted by Crippen LogP contribution is -2.30. The molecule has 1 N–H and O–H groups in total. The predicted octanol–water partition coefficient (Wildman–Crippen LogP) is 2.57. The lowest BCUT2D eigenvalue weighted by Gasteiger charge is -2.12. The standard InChI is InChI=1S/C13H19N3O2/c1-4-10(14-5-2)8-12-15-13(16-18-12)11-6-7-17-9(11)3/h6-7,10,14H,4-5,8H2,1-3H3. The summed E-state index contributed by atoms with van der Waals surface area (Å²) < 4.78 is 10.5. The van der Waals surface area contributed by atoms with Crippen molar-refractivity contribution >= 4 is 0 Å². The highest BCUT2D eigenvalue weighted by Crippen LogP contribution is 2.21. The second kappa shape index (κ2) is 5.82. The summed E-state index contributed by atoms with van der Waals surface area (Å²) in [7, 11) is 0. The molecule has 5 heteroatoms. The third-order valence-electron chi connectivity index (χ3n) is 2.97. The molecule has 0 aliphatic rings. The molecule has 98 valence electrons. The highest BCUT2D eigenvalue weighted by atomic mass is 16.5. The van der Waals surface area contributed by atoms with Gasteiger partial charge in [0.25, 0.3) is 0 Å². The zero-order valence-corrected chi connectivity index (χ0v) is 11.1. The summed E-state index contributed by atoms with van der Waals surface area (Å²) in [5.41, 5.74) is 0.890. The van der Waals surface area contributed by atoms with Crippen molar-refractivity contribution < 1.29 is 8.94 Å². The summed E-state index contributed by atoms with van der Waals surface area (Å²) in [5, 5.41) is 7.38. The summed E-state index contributed by atoms with van der Waals surface area (Å²) in [5.74, 6) is 2.07. The van der Waals surface area contributed by atoms with Gasteiger partial charge in [-0.3, -0.25) is 0 Å². The van der Waals surface area contributed by atoms with Crippen molar-refractivity contribution in [2.75, 3.05) is 6.54 Å². The van der Waals surface area contributed by atoms with E-state index in [0.717, 1.165) is 30.7 Å². The molecule has 2 aromatic heterocycles. The van der Waals surface area contributed by atoms with Crippen LogP contribution in [0.4, 0.5) is 0 Å². The number of aryl methyl sites for hydroxylation is 1. The topological polar surface area (TPSA) is 64.1 Å². The third kappa shape index (κ3) is 2.79. The first kappa shape index (κ1) is 12.8. The number of hydrogen-bond donors (Lipinski definition) is 1. The molecular weight excluding hydrogens is 230 g/mol. The molecule has 0 amide bonds. The molecule has 2 rings (SSSR count). The van der Waals surface area contributed by atoms with E-state index in [4.69, 9.17) is 8.94 Å². The highest BCUT2D eigenvalue weighted by Gasteiger charge is 2.15. The first-order valence-corrected chi connectivity index (χ1v) is 6.35. The Labute approximate surface area is 107 Å². The Morgan fingerprint density at radius 3 is 2.83 bits per heavy atom. The van der Waals surface area contributed by atoms with Crippen molar-refractivity contribution in [2.24, 2.45) is 0 Å². The van der Waals surface area contributed by atoms with Crippen molar-refractivity contribution in [1.82, 2.24) is 15.5 Å². The maximum atomic E-state index is 5.28. The zero-order valence-electron chi connectivity index (χ0n) is 11.1. The Morgan fingerprint density at radius 1 is 1.39 bits per heavy atom. The normalized spacial score (nSPS) is 12.8. The van der Waals surface area contributed by atoms with Crippen molar-refractivity contribution in [3.63, 3.8) is 0 Å². The van der Waals surface area contributed by atoms with Crippen molar-refractivity contribution in [3.05, 3.63) is 24.0 Å². The van der Waals surface area contributed by atoms with Crippen LogP contribution in [0.5, 0.6) is 0 Å². The number of rotatable bonds is 6. The maximum Gasteiger partial charge on any atom is 0.228 e. The van der Waals surface area contributed by atoms with Gasteiger partial charge in [-0.2, -0.15) is 4.98 Å². The van der Waals surface area contributed by atoms with Crippen LogP contribution in [0.3, 0.4) is 0 Å². The van der Waals surface area contributed by atoms with Gasteiger partial charge in [0.2, 0.25) is 11.7 Å². The molecular formula is C13H19N3O2. The second-order valence-electron chi connectivity index (χ2n) is 4.27. The number of likely N-dealkylation sites (N-methyl/N-ethyl adjacent to an activating group) is 1. The number of furan rings is 1. The summed E-state index contributed by atoms with van der Waals surface area (Å²) >= 11 is 0. The Morgan fingerprint density at radius 2 is 2.22 bits per heavy atom. The SMILES string of the molecule is CCNC(CC)Cc1nc(-c2ccoc2C)no1. The van der Waals surface area contributed by atoms with Gasteiger partial charge in [-0.25, -0.2) is 0 Å². The smallest absolute Gasteiger partial charge is 0.228 e. The molecule has 0 radical (unpaired) electrons. The molecule has 0 aliphatic carbocycles. The molecule has 0 bridgehead atoms. The van der Waals surface area contributed by atoms with Crippen molar-refractivity contribution in [3.8, 4) is 11.4 Å². The number of aromatic nitrogens is 2. The maximum absolute atomic E-state index is 5.28. The predicted molar refractivity (Wildman–Crippen MR) is 68.2 cm³/mol. The Kier molecular flexibility index (Phi) is 4.15. The van der Waals surface area contributed by atoms with Gasteiger partial charge in [-0.1, -0.05) is 19.0 Å². The van der Waals surface area contributed by atoms with E-state index in [9.17, 15) is 0 Å². The van der Waals surface area contributed by atoms with Crippen LogP contribution in [0.2, 0.25) is 0 Å². The summed E-state index contributed by atoms with van der Waals surface area (Å²) in [6.07, 6.45) is 3.43. The Balaban J connectivity index is 2.09. The quantitative estimate of drug-likeness (QED) is 0.852. The zero-order chi connectivity index (χ0) is 13.0. The lowest BCUT2D eigenvalue weighted by molar-refractivity contribution is 0.355. The van der Waals surface area contributed by atoms with E-state index in [0.29, 0.717) is 17.8 Å². The fourth-order valence-corrected chi connectivity index (χ4v) is 1.92. The molecule has 0 aliphatic heterocycles. The average molecular weight is 249 g/mol. The van der Waals surface area contributed by atoms with Gasteiger partial charge >= 0.3 is 0 Å². The lowest BCUT2D eigenvalue weighted by atomic mass is 10.1. The van der Waals surface area contributed by atoms with Crippen LogP contribution in [0.1, 0.15) is 31.9 Å². The second-order valence-corrected chi connectivity index (χ2v) is 4.27. The summed E-state index contributed by atoms with van der Waals surface area (Å²) in [4.78, 5) is 4.41. The molecule has 0 saturated heterocycles. The van der Waals surface area contributed by atoms with Crippen LogP contribution >= 0.6 is 0 Å². The summed E-state index contributed by atoms with van der Waals surface area (Å²) in [6, 6.07) is 2.24. The molecule has 1 atom stereocenters. The summed E-state index contributed by atoms with van der Waals surface area (Å²) in [6.45, 7) is 7.07. The number of nitrogens with zero attached hydrogens (tertiary/aromatic N) is 2. The molecule has 0 spiro atoms. The van der Waals surface area contributed by atoms with Crippen LogP contribution < -0.4 is 5.32 Å².